The molecule has 0 aliphatic heterocycles. The Morgan fingerprint density at radius 1 is 1.12 bits per heavy atom. The number of aromatic amines is 1. The lowest BCUT2D eigenvalue weighted by molar-refractivity contribution is 0.0975. The van der Waals surface area contributed by atoms with E-state index < -0.39 is 0 Å². The van der Waals surface area contributed by atoms with Gasteiger partial charge in [-0.1, -0.05) is 43.7 Å². The molecule has 0 radical (unpaired) electrons. The number of carbonyl (C=O) groups excluding carboxylic acids is 1. The van der Waals surface area contributed by atoms with E-state index in [0.29, 0.717) is 6.42 Å². The number of nitrogens with one attached hydrogen (secondary N) is 1. The van der Waals surface area contributed by atoms with Crippen LogP contribution in [-0.2, 0) is 0 Å². The number of benzene rings is 1. The van der Waals surface area contributed by atoms with E-state index >= 15 is 0 Å². The predicted molar refractivity (Wildman–Crippen MR) is 70.1 cm³/mol. The summed E-state index contributed by atoms with van der Waals surface area (Å²) in [6.07, 6.45) is 2.64. The molecule has 0 fully saturated rings. The van der Waals surface area contributed by atoms with Crippen LogP contribution in [0.3, 0.4) is 0 Å². The minimum absolute atomic E-state index is 0.203. The van der Waals surface area contributed by atoms with E-state index in [1.807, 2.05) is 42.5 Å². The third-order valence-corrected chi connectivity index (χ3v) is 2.83. The van der Waals surface area contributed by atoms with Gasteiger partial charge in [0, 0.05) is 12.1 Å². The Kier molecular flexibility index (Phi) is 3.76. The molecule has 0 amide bonds. The molecule has 0 saturated carbocycles. The van der Waals surface area contributed by atoms with Gasteiger partial charge in [0.25, 0.3) is 0 Å². The second-order valence-corrected chi connectivity index (χ2v) is 4.18. The zero-order valence-corrected chi connectivity index (χ0v) is 10.1. The van der Waals surface area contributed by atoms with Crippen LogP contribution in [0.5, 0.6) is 0 Å². The van der Waals surface area contributed by atoms with Gasteiger partial charge in [0.15, 0.2) is 5.78 Å². The van der Waals surface area contributed by atoms with Crippen LogP contribution in [0.4, 0.5) is 0 Å². The predicted octanol–water partition coefficient (Wildman–Crippen LogP) is 4.05. The molecule has 0 spiro atoms. The Bertz CT molecular complexity index is 485. The van der Waals surface area contributed by atoms with Crippen molar-refractivity contribution in [3.05, 3.63) is 48.2 Å². The van der Waals surface area contributed by atoms with Gasteiger partial charge in [-0.2, -0.15) is 0 Å². The first-order chi connectivity index (χ1) is 8.31. The fourth-order valence-electron chi connectivity index (χ4n) is 1.82. The van der Waals surface area contributed by atoms with E-state index in [-0.39, 0.29) is 5.78 Å². The largest absolute Gasteiger partial charge is 0.352 e. The number of aromatic nitrogens is 1. The summed E-state index contributed by atoms with van der Waals surface area (Å²) in [4.78, 5) is 15.0. The summed E-state index contributed by atoms with van der Waals surface area (Å²) in [7, 11) is 0. The Balaban J connectivity index is 2.14. The van der Waals surface area contributed by atoms with Gasteiger partial charge in [0.1, 0.15) is 0 Å². The van der Waals surface area contributed by atoms with Gasteiger partial charge in [-0.3, -0.25) is 4.79 Å². The molecule has 2 heteroatoms. The maximum atomic E-state index is 11.8. The lowest BCUT2D eigenvalue weighted by Gasteiger charge is -1.98. The average molecular weight is 227 g/mol. The van der Waals surface area contributed by atoms with Crippen LogP contribution in [0, 0.1) is 0 Å². The van der Waals surface area contributed by atoms with Crippen molar-refractivity contribution < 1.29 is 4.79 Å². The fraction of sp³-hybridized carbons (Fsp3) is 0.267. The van der Waals surface area contributed by atoms with Gasteiger partial charge < -0.3 is 4.98 Å². The summed E-state index contributed by atoms with van der Waals surface area (Å²) in [6, 6.07) is 13.9. The standard InChI is InChI=1S/C15H17NO/c1-2-3-9-15(17)14-11-10-13(16-14)12-7-5-4-6-8-12/h4-8,10-11,16H,2-3,9H2,1H3. The highest BCUT2D eigenvalue weighted by molar-refractivity contribution is 5.95. The average Bonchev–Trinajstić information content (AvgIpc) is 2.86. The summed E-state index contributed by atoms with van der Waals surface area (Å²) in [5.74, 6) is 0.203. The molecule has 2 aromatic rings. The van der Waals surface area contributed by atoms with Crippen LogP contribution in [-0.4, -0.2) is 10.8 Å². The van der Waals surface area contributed by atoms with Gasteiger partial charge in [-0.15, -0.1) is 0 Å². The number of hydrogen-bond acceptors (Lipinski definition) is 1. The highest BCUT2D eigenvalue weighted by Gasteiger charge is 2.08. The summed E-state index contributed by atoms with van der Waals surface area (Å²) < 4.78 is 0. The van der Waals surface area contributed by atoms with Crippen molar-refractivity contribution in [2.75, 3.05) is 0 Å². The SMILES string of the molecule is CCCCC(=O)c1ccc(-c2ccccc2)[nH]1. The zero-order valence-electron chi connectivity index (χ0n) is 10.1. The van der Waals surface area contributed by atoms with Crippen LogP contribution >= 0.6 is 0 Å². The topological polar surface area (TPSA) is 32.9 Å². The van der Waals surface area contributed by atoms with Crippen LogP contribution in [0.1, 0.15) is 36.7 Å². The molecule has 1 aromatic carbocycles. The Hall–Kier alpha value is -1.83. The maximum Gasteiger partial charge on any atom is 0.179 e. The van der Waals surface area contributed by atoms with E-state index in [2.05, 4.69) is 11.9 Å². The Morgan fingerprint density at radius 2 is 1.88 bits per heavy atom. The van der Waals surface area contributed by atoms with E-state index in [1.54, 1.807) is 0 Å². The molecular formula is C15H17NO. The van der Waals surface area contributed by atoms with Gasteiger partial charge in [0.05, 0.1) is 5.69 Å². The van der Waals surface area contributed by atoms with E-state index in [9.17, 15) is 4.79 Å². The number of ketones is 1. The van der Waals surface area contributed by atoms with Crippen LogP contribution in [0.15, 0.2) is 42.5 Å². The van der Waals surface area contributed by atoms with E-state index in [4.69, 9.17) is 0 Å². The first-order valence-corrected chi connectivity index (χ1v) is 6.09. The minimum atomic E-state index is 0.203. The van der Waals surface area contributed by atoms with Crippen LogP contribution in [0.25, 0.3) is 11.3 Å². The van der Waals surface area contributed by atoms with Crippen molar-refractivity contribution in [1.29, 1.82) is 0 Å². The molecule has 0 saturated heterocycles. The normalized spacial score (nSPS) is 10.4. The molecule has 0 aliphatic rings. The van der Waals surface area contributed by atoms with Crippen LogP contribution in [0.2, 0.25) is 0 Å². The molecule has 1 aromatic heterocycles. The number of H-pyrrole nitrogens is 1. The lowest BCUT2D eigenvalue weighted by atomic mass is 10.1. The highest BCUT2D eigenvalue weighted by Crippen LogP contribution is 2.18. The van der Waals surface area contributed by atoms with Gasteiger partial charge >= 0.3 is 0 Å². The Morgan fingerprint density at radius 3 is 2.59 bits per heavy atom. The molecule has 1 N–H and O–H groups in total. The number of carbonyl (C=O) groups is 1. The molecule has 17 heavy (non-hydrogen) atoms. The van der Waals surface area contributed by atoms with Gasteiger partial charge in [-0.05, 0) is 24.1 Å². The molecule has 0 atom stereocenters. The van der Waals surface area contributed by atoms with Crippen molar-refractivity contribution in [1.82, 2.24) is 4.98 Å². The smallest absolute Gasteiger partial charge is 0.179 e. The number of hydrogen-bond donors (Lipinski definition) is 1. The van der Waals surface area contributed by atoms with Crippen LogP contribution < -0.4 is 0 Å². The molecule has 0 bridgehead atoms. The zero-order chi connectivity index (χ0) is 12.1. The molecule has 0 unspecified atom stereocenters. The summed E-state index contributed by atoms with van der Waals surface area (Å²) in [5.41, 5.74) is 2.84. The molecule has 1 heterocycles. The monoisotopic (exact) mass is 227 g/mol. The summed E-state index contributed by atoms with van der Waals surface area (Å²) >= 11 is 0. The number of unbranched alkanes of at least 4 members (excludes halogenated alkanes) is 1. The van der Waals surface area contributed by atoms with Crippen molar-refractivity contribution in [2.45, 2.75) is 26.2 Å². The molecular weight excluding hydrogens is 210 g/mol. The molecule has 2 nitrogen and oxygen atoms in total. The first-order valence-electron chi connectivity index (χ1n) is 6.09. The summed E-state index contributed by atoms with van der Waals surface area (Å²) in [5, 5.41) is 0. The van der Waals surface area contributed by atoms with Gasteiger partial charge in [0.2, 0.25) is 0 Å². The molecule has 0 aliphatic carbocycles. The maximum absolute atomic E-state index is 11.8. The van der Waals surface area contributed by atoms with Crippen molar-refractivity contribution in [2.24, 2.45) is 0 Å². The van der Waals surface area contributed by atoms with Crippen molar-refractivity contribution >= 4 is 5.78 Å². The second kappa shape index (κ2) is 5.48. The summed E-state index contributed by atoms with van der Waals surface area (Å²) in [6.45, 7) is 2.09. The quantitative estimate of drug-likeness (QED) is 0.768. The molecule has 88 valence electrons. The number of rotatable bonds is 5. The fourth-order valence-corrected chi connectivity index (χ4v) is 1.82. The Labute approximate surface area is 102 Å². The lowest BCUT2D eigenvalue weighted by Crippen LogP contribution is -1.98. The van der Waals surface area contributed by atoms with Crippen molar-refractivity contribution in [3.63, 3.8) is 0 Å². The van der Waals surface area contributed by atoms with Gasteiger partial charge in [-0.25, -0.2) is 0 Å². The first kappa shape index (κ1) is 11.6. The minimum Gasteiger partial charge on any atom is -0.352 e. The van der Waals surface area contributed by atoms with E-state index in [1.165, 1.54) is 0 Å². The highest BCUT2D eigenvalue weighted by atomic mass is 16.1. The number of Topliss-reactive ketones (excluding diaryl/α,β-unsaturated/α-hetero) is 1. The second-order valence-electron chi connectivity index (χ2n) is 4.18. The third kappa shape index (κ3) is 2.84. The third-order valence-electron chi connectivity index (χ3n) is 2.83. The van der Waals surface area contributed by atoms with Crippen molar-refractivity contribution in [3.8, 4) is 11.3 Å². The molecule has 2 rings (SSSR count). The van der Waals surface area contributed by atoms with E-state index in [0.717, 1.165) is 29.8 Å².